The van der Waals surface area contributed by atoms with Crippen LogP contribution in [0.2, 0.25) is 0 Å². The largest absolute Gasteiger partial charge is 0.508 e. The number of nitrogens with two attached hydrogens (primary N) is 1. The molecule has 1 aromatic heterocycles. The van der Waals surface area contributed by atoms with Crippen molar-refractivity contribution in [3.63, 3.8) is 0 Å². The smallest absolute Gasteiger partial charge is 0.326 e. The molecule has 4 rings (SSSR count). The maximum absolute atomic E-state index is 13.8. The molecule has 1 heterocycles. The van der Waals surface area contributed by atoms with E-state index < -0.39 is 47.9 Å². The molecule has 4 unspecified atom stereocenters. The first-order valence-electron chi connectivity index (χ1n) is 14.4. The molecule has 3 amide bonds. The van der Waals surface area contributed by atoms with E-state index in [1.54, 1.807) is 48.5 Å². The minimum atomic E-state index is -1.29. The number of aromatic hydroxyl groups is 1. The molecule has 0 spiro atoms. The van der Waals surface area contributed by atoms with Crippen LogP contribution in [0.25, 0.3) is 0 Å². The van der Waals surface area contributed by atoms with Crippen molar-refractivity contribution < 1.29 is 29.4 Å². The predicted octanol–water partition coefficient (Wildman–Crippen LogP) is 1.25. The minimum Gasteiger partial charge on any atom is -0.508 e. The van der Waals surface area contributed by atoms with Gasteiger partial charge in [0.05, 0.1) is 12.4 Å². The number of phenols is 1. The van der Waals surface area contributed by atoms with Crippen LogP contribution in [0.3, 0.4) is 0 Å². The van der Waals surface area contributed by atoms with Crippen LogP contribution in [0.5, 0.6) is 5.75 Å². The molecule has 0 saturated heterocycles. The summed E-state index contributed by atoms with van der Waals surface area (Å²) in [5.41, 5.74) is 8.92. The second-order valence-corrected chi connectivity index (χ2v) is 10.7. The third-order valence-corrected chi connectivity index (χ3v) is 7.15. The number of H-pyrrole nitrogens is 1. The highest BCUT2D eigenvalue weighted by molar-refractivity contribution is 5.94. The number of hydrogen-bond acceptors (Lipinski definition) is 7. The molecule has 0 radical (unpaired) electrons. The topological polar surface area (TPSA) is 200 Å². The summed E-state index contributed by atoms with van der Waals surface area (Å²) >= 11 is 0. The van der Waals surface area contributed by atoms with Crippen molar-refractivity contribution in [2.45, 2.75) is 49.9 Å². The molecule has 8 N–H and O–H groups in total. The zero-order chi connectivity index (χ0) is 32.2. The third kappa shape index (κ3) is 10.0. The summed E-state index contributed by atoms with van der Waals surface area (Å²) in [4.78, 5) is 59.2. The van der Waals surface area contributed by atoms with E-state index in [2.05, 4.69) is 25.9 Å². The number of carbonyl (C=O) groups is 4. The number of aromatic amines is 1. The highest BCUT2D eigenvalue weighted by Crippen LogP contribution is 2.12. The van der Waals surface area contributed by atoms with Crippen molar-refractivity contribution in [3.8, 4) is 5.75 Å². The number of nitrogens with zero attached hydrogens (tertiary/aromatic N) is 1. The van der Waals surface area contributed by atoms with E-state index in [1.807, 2.05) is 24.3 Å². The standard InChI is InChI=1S/C33H36N6O6/c34-26(15-23-11-13-25(40)14-12-23)30(41)37-27(16-21-7-3-1-4-8-21)31(42)38-28(17-22-9-5-2-6-10-22)32(43)39-29(33(44)45)18-24-19-35-20-36-24/h1-14,19-20,26-29,40H,15-18,34H2,(H,35,36)(H,37,41)(H,38,42)(H,39,43)(H,44,45). The van der Waals surface area contributed by atoms with Gasteiger partial charge in [0.1, 0.15) is 23.9 Å². The third-order valence-electron chi connectivity index (χ3n) is 7.15. The van der Waals surface area contributed by atoms with Gasteiger partial charge in [-0.25, -0.2) is 9.78 Å². The van der Waals surface area contributed by atoms with Gasteiger partial charge in [-0.05, 0) is 35.2 Å². The van der Waals surface area contributed by atoms with Crippen LogP contribution in [0.15, 0.2) is 97.5 Å². The number of amides is 3. The summed E-state index contributed by atoms with van der Waals surface area (Å²) in [5.74, 6) is -3.08. The summed E-state index contributed by atoms with van der Waals surface area (Å²) < 4.78 is 0. The SMILES string of the molecule is NC(Cc1ccc(O)cc1)C(=O)NC(Cc1ccccc1)C(=O)NC(Cc1ccccc1)C(=O)NC(Cc1cnc[nH]1)C(=O)O. The van der Waals surface area contributed by atoms with Gasteiger partial charge in [-0.1, -0.05) is 72.8 Å². The highest BCUT2D eigenvalue weighted by Gasteiger charge is 2.31. The Kier molecular flexibility index (Phi) is 11.4. The number of carboxylic acids is 1. The summed E-state index contributed by atoms with van der Waals surface area (Å²) in [5, 5.41) is 27.3. The lowest BCUT2D eigenvalue weighted by atomic mass is 10.0. The fourth-order valence-corrected chi connectivity index (χ4v) is 4.74. The lowest BCUT2D eigenvalue weighted by Crippen LogP contribution is -2.58. The van der Waals surface area contributed by atoms with Gasteiger partial charge in [-0.3, -0.25) is 14.4 Å². The van der Waals surface area contributed by atoms with Gasteiger partial charge >= 0.3 is 5.97 Å². The number of nitrogens with one attached hydrogen (secondary N) is 4. The molecule has 4 aromatic rings. The van der Waals surface area contributed by atoms with Gasteiger partial charge in [0, 0.05) is 31.2 Å². The molecular formula is C33H36N6O6. The lowest BCUT2D eigenvalue weighted by Gasteiger charge is -2.25. The lowest BCUT2D eigenvalue weighted by molar-refractivity contribution is -0.142. The molecule has 0 aliphatic carbocycles. The van der Waals surface area contributed by atoms with Crippen LogP contribution < -0.4 is 21.7 Å². The molecule has 0 saturated carbocycles. The van der Waals surface area contributed by atoms with Crippen molar-refractivity contribution in [1.29, 1.82) is 0 Å². The van der Waals surface area contributed by atoms with E-state index in [0.29, 0.717) is 5.69 Å². The Morgan fingerprint density at radius 3 is 1.64 bits per heavy atom. The van der Waals surface area contributed by atoms with Gasteiger partial charge in [0.25, 0.3) is 0 Å². The molecule has 12 heteroatoms. The number of benzene rings is 3. The van der Waals surface area contributed by atoms with Crippen molar-refractivity contribution in [2.24, 2.45) is 5.73 Å². The van der Waals surface area contributed by atoms with Crippen molar-refractivity contribution >= 4 is 23.7 Å². The van der Waals surface area contributed by atoms with Gasteiger partial charge in [-0.2, -0.15) is 0 Å². The molecule has 3 aromatic carbocycles. The van der Waals surface area contributed by atoms with Gasteiger partial charge in [0.2, 0.25) is 17.7 Å². The van der Waals surface area contributed by atoms with Crippen LogP contribution in [-0.4, -0.2) is 68.0 Å². The molecule has 234 valence electrons. The average Bonchev–Trinajstić information content (AvgIpc) is 3.55. The molecule has 12 nitrogen and oxygen atoms in total. The van der Waals surface area contributed by atoms with E-state index in [0.717, 1.165) is 16.7 Å². The minimum absolute atomic E-state index is 0.0430. The summed E-state index contributed by atoms with van der Waals surface area (Å²) in [7, 11) is 0. The van der Waals surface area contributed by atoms with Crippen LogP contribution >= 0.6 is 0 Å². The number of aliphatic carboxylic acids is 1. The van der Waals surface area contributed by atoms with Crippen LogP contribution in [0, 0.1) is 0 Å². The van der Waals surface area contributed by atoms with Gasteiger partial charge in [-0.15, -0.1) is 0 Å². The normalized spacial score (nSPS) is 13.5. The average molecular weight is 613 g/mol. The number of rotatable bonds is 15. The van der Waals surface area contributed by atoms with Crippen LogP contribution in [0.4, 0.5) is 0 Å². The Hall–Kier alpha value is -5.49. The van der Waals surface area contributed by atoms with E-state index in [1.165, 1.54) is 24.7 Å². The first-order chi connectivity index (χ1) is 21.7. The Balaban J connectivity index is 1.53. The molecule has 4 atom stereocenters. The Labute approximate surface area is 260 Å². The maximum Gasteiger partial charge on any atom is 0.326 e. The quantitative estimate of drug-likeness (QED) is 0.104. The number of hydrogen-bond donors (Lipinski definition) is 7. The Morgan fingerprint density at radius 1 is 0.667 bits per heavy atom. The van der Waals surface area contributed by atoms with E-state index in [9.17, 15) is 29.4 Å². The molecular weight excluding hydrogens is 576 g/mol. The maximum atomic E-state index is 13.8. The van der Waals surface area contributed by atoms with E-state index >= 15 is 0 Å². The van der Waals surface area contributed by atoms with Crippen molar-refractivity contribution in [3.05, 3.63) is 120 Å². The predicted molar refractivity (Wildman–Crippen MR) is 166 cm³/mol. The summed E-state index contributed by atoms with van der Waals surface area (Å²) in [6.07, 6.45) is 3.18. The summed E-state index contributed by atoms with van der Waals surface area (Å²) in [6.45, 7) is 0. The number of carbonyl (C=O) groups excluding carboxylic acids is 3. The molecule has 0 aliphatic rings. The number of aromatic nitrogens is 2. The second-order valence-electron chi connectivity index (χ2n) is 10.7. The molecule has 45 heavy (non-hydrogen) atoms. The fourth-order valence-electron chi connectivity index (χ4n) is 4.74. The first kappa shape index (κ1) is 32.4. The monoisotopic (exact) mass is 612 g/mol. The van der Waals surface area contributed by atoms with Crippen LogP contribution in [0.1, 0.15) is 22.4 Å². The van der Waals surface area contributed by atoms with Gasteiger partial charge < -0.3 is 36.9 Å². The molecule has 0 aliphatic heterocycles. The Morgan fingerprint density at radius 2 is 1.16 bits per heavy atom. The van der Waals surface area contributed by atoms with Crippen molar-refractivity contribution in [2.75, 3.05) is 0 Å². The second kappa shape index (κ2) is 15.8. The summed E-state index contributed by atoms with van der Waals surface area (Å²) in [6, 6.07) is 19.8. The highest BCUT2D eigenvalue weighted by atomic mass is 16.4. The fraction of sp³-hybridized carbons (Fsp3) is 0.242. The van der Waals surface area contributed by atoms with Crippen LogP contribution in [-0.2, 0) is 44.9 Å². The van der Waals surface area contributed by atoms with Gasteiger partial charge in [0.15, 0.2) is 0 Å². The molecule has 0 bridgehead atoms. The van der Waals surface area contributed by atoms with E-state index in [-0.39, 0.29) is 31.4 Å². The number of imidazole rings is 1. The number of phenolic OH excluding ortho intramolecular Hbond substituents is 1. The zero-order valence-corrected chi connectivity index (χ0v) is 24.4. The first-order valence-corrected chi connectivity index (χ1v) is 14.4. The number of carboxylic acid groups (broad SMARTS) is 1. The zero-order valence-electron chi connectivity index (χ0n) is 24.4. The Bertz CT molecular complexity index is 1550. The van der Waals surface area contributed by atoms with E-state index in [4.69, 9.17) is 5.73 Å². The van der Waals surface area contributed by atoms with Crippen molar-refractivity contribution in [1.82, 2.24) is 25.9 Å². The molecule has 0 fully saturated rings.